The van der Waals surface area contributed by atoms with E-state index in [0.717, 1.165) is 22.3 Å². The number of hydrogen-bond acceptors (Lipinski definition) is 2. The molecule has 0 heterocycles. The van der Waals surface area contributed by atoms with E-state index >= 15 is 0 Å². The van der Waals surface area contributed by atoms with Gasteiger partial charge in [-0.2, -0.15) is 0 Å². The number of carbonyl (C=O) groups is 1. The van der Waals surface area contributed by atoms with Crippen molar-refractivity contribution in [2.24, 2.45) is 0 Å². The number of carbonyl (C=O) groups excluding carboxylic acids is 1. The molecule has 0 radical (unpaired) electrons. The van der Waals surface area contributed by atoms with E-state index in [-0.39, 0.29) is 5.97 Å². The molecule has 0 aliphatic rings. The fraction of sp³-hybridized carbons (Fsp3) is 0.0690. The highest BCUT2D eigenvalue weighted by atomic mass is 16.5. The number of rotatable bonds is 3. The first-order valence-corrected chi connectivity index (χ1v) is 10.1. The van der Waals surface area contributed by atoms with Crippen molar-refractivity contribution in [3.8, 4) is 28.7 Å². The minimum absolute atomic E-state index is 0.381. The minimum Gasteiger partial charge on any atom is -0.423 e. The third-order valence-electron chi connectivity index (χ3n) is 4.97. The summed E-state index contributed by atoms with van der Waals surface area (Å²) in [6.07, 6.45) is 0. The zero-order valence-corrected chi connectivity index (χ0v) is 17.6. The van der Waals surface area contributed by atoms with Crippen LogP contribution in [-0.4, -0.2) is 5.97 Å². The van der Waals surface area contributed by atoms with E-state index in [1.165, 1.54) is 11.1 Å². The lowest BCUT2D eigenvalue weighted by atomic mass is 10.0. The van der Waals surface area contributed by atoms with Crippen LogP contribution in [-0.2, 0) is 0 Å². The van der Waals surface area contributed by atoms with Gasteiger partial charge in [-0.25, -0.2) is 4.79 Å². The van der Waals surface area contributed by atoms with Gasteiger partial charge in [0.25, 0.3) is 0 Å². The maximum atomic E-state index is 12.5. The van der Waals surface area contributed by atoms with Crippen LogP contribution < -0.4 is 4.74 Å². The van der Waals surface area contributed by atoms with Gasteiger partial charge < -0.3 is 4.74 Å². The van der Waals surface area contributed by atoms with Crippen molar-refractivity contribution in [3.63, 3.8) is 0 Å². The molecule has 150 valence electrons. The predicted octanol–water partition coefficient (Wildman–Crippen LogP) is 6.59. The van der Waals surface area contributed by atoms with Gasteiger partial charge in [0.1, 0.15) is 5.75 Å². The molecule has 2 nitrogen and oxygen atoms in total. The largest absolute Gasteiger partial charge is 0.423 e. The Balaban J connectivity index is 1.40. The van der Waals surface area contributed by atoms with Crippen molar-refractivity contribution in [2.45, 2.75) is 13.8 Å². The standard InChI is InChI=1S/C29H22O2/c1-21-3-7-23(8-4-21)9-10-24-11-19-28(20-12-24)31-29(30)27-17-15-26(16-18-27)25-13-5-22(2)6-14-25/h3-8,11-20H,1-2H3. The van der Waals surface area contributed by atoms with Crippen molar-refractivity contribution in [3.05, 3.63) is 125 Å². The average Bonchev–Trinajstić information content (AvgIpc) is 2.80. The lowest BCUT2D eigenvalue weighted by Crippen LogP contribution is -2.08. The summed E-state index contributed by atoms with van der Waals surface area (Å²) in [5, 5.41) is 0. The van der Waals surface area contributed by atoms with Gasteiger partial charge in [0, 0.05) is 11.1 Å². The van der Waals surface area contributed by atoms with Gasteiger partial charge in [0.15, 0.2) is 0 Å². The first kappa shape index (κ1) is 20.2. The smallest absolute Gasteiger partial charge is 0.343 e. The van der Waals surface area contributed by atoms with Crippen molar-refractivity contribution in [1.29, 1.82) is 0 Å². The van der Waals surface area contributed by atoms with E-state index in [1.54, 1.807) is 24.3 Å². The molecule has 0 aromatic heterocycles. The SMILES string of the molecule is Cc1ccc(C#Cc2ccc(OC(=O)c3ccc(-c4ccc(C)cc4)cc3)cc2)cc1. The normalized spacial score (nSPS) is 10.1. The summed E-state index contributed by atoms with van der Waals surface area (Å²) in [5.74, 6) is 6.38. The molecule has 0 spiro atoms. The second-order valence-electron chi connectivity index (χ2n) is 7.47. The number of ether oxygens (including phenoxy) is 1. The Hall–Kier alpha value is -4.09. The third kappa shape index (κ3) is 5.29. The van der Waals surface area contributed by atoms with Gasteiger partial charge >= 0.3 is 5.97 Å². The van der Waals surface area contributed by atoms with Gasteiger partial charge in [-0.3, -0.25) is 0 Å². The van der Waals surface area contributed by atoms with Crippen molar-refractivity contribution >= 4 is 5.97 Å². The lowest BCUT2D eigenvalue weighted by molar-refractivity contribution is 0.0735. The Morgan fingerprint density at radius 2 is 1.00 bits per heavy atom. The molecule has 0 N–H and O–H groups in total. The summed E-state index contributed by atoms with van der Waals surface area (Å²) in [4.78, 5) is 12.5. The van der Waals surface area contributed by atoms with E-state index in [0.29, 0.717) is 11.3 Å². The molecule has 0 aliphatic heterocycles. The highest BCUT2D eigenvalue weighted by molar-refractivity contribution is 5.91. The maximum Gasteiger partial charge on any atom is 0.343 e. The van der Waals surface area contributed by atoms with Crippen LogP contribution >= 0.6 is 0 Å². The second kappa shape index (κ2) is 9.15. The first-order valence-electron chi connectivity index (χ1n) is 10.1. The monoisotopic (exact) mass is 402 g/mol. The fourth-order valence-corrected chi connectivity index (χ4v) is 3.10. The van der Waals surface area contributed by atoms with E-state index in [2.05, 4.69) is 50.0 Å². The summed E-state index contributed by atoms with van der Waals surface area (Å²) in [6.45, 7) is 4.11. The van der Waals surface area contributed by atoms with Crippen LogP contribution in [0.25, 0.3) is 11.1 Å². The van der Waals surface area contributed by atoms with Gasteiger partial charge in [0.2, 0.25) is 0 Å². The zero-order chi connectivity index (χ0) is 21.6. The van der Waals surface area contributed by atoms with Crippen LogP contribution in [0.1, 0.15) is 32.6 Å². The Kier molecular flexibility index (Phi) is 5.96. The maximum absolute atomic E-state index is 12.5. The van der Waals surface area contributed by atoms with E-state index in [9.17, 15) is 4.79 Å². The van der Waals surface area contributed by atoms with E-state index < -0.39 is 0 Å². The molecular formula is C29H22O2. The molecule has 0 amide bonds. The highest BCUT2D eigenvalue weighted by Gasteiger charge is 2.09. The summed E-state index contributed by atoms with van der Waals surface area (Å²) in [6, 6.07) is 31.1. The second-order valence-corrected chi connectivity index (χ2v) is 7.47. The predicted molar refractivity (Wildman–Crippen MR) is 125 cm³/mol. The number of benzene rings is 4. The number of hydrogen-bond donors (Lipinski definition) is 0. The Bertz CT molecular complexity index is 1240. The van der Waals surface area contributed by atoms with E-state index in [4.69, 9.17) is 4.74 Å². The Morgan fingerprint density at radius 3 is 1.52 bits per heavy atom. The number of aryl methyl sites for hydroxylation is 2. The van der Waals surface area contributed by atoms with Crippen LogP contribution in [0.15, 0.2) is 97.1 Å². The molecule has 0 fully saturated rings. The molecule has 4 aromatic carbocycles. The Labute approximate surface area is 183 Å². The quantitative estimate of drug-likeness (QED) is 0.219. The minimum atomic E-state index is -0.381. The van der Waals surface area contributed by atoms with Crippen molar-refractivity contribution < 1.29 is 9.53 Å². The molecule has 0 saturated heterocycles. The van der Waals surface area contributed by atoms with Crippen LogP contribution in [0.2, 0.25) is 0 Å². The average molecular weight is 402 g/mol. The molecule has 4 aromatic rings. The Morgan fingerprint density at radius 1 is 0.581 bits per heavy atom. The fourth-order valence-electron chi connectivity index (χ4n) is 3.10. The van der Waals surface area contributed by atoms with Crippen LogP contribution in [0, 0.1) is 25.7 Å². The topological polar surface area (TPSA) is 26.3 Å². The molecule has 2 heteroatoms. The zero-order valence-electron chi connectivity index (χ0n) is 17.6. The third-order valence-corrected chi connectivity index (χ3v) is 4.97. The molecule has 31 heavy (non-hydrogen) atoms. The van der Waals surface area contributed by atoms with Crippen LogP contribution in [0.4, 0.5) is 0 Å². The molecule has 0 saturated carbocycles. The molecule has 0 bridgehead atoms. The summed E-state index contributed by atoms with van der Waals surface area (Å²) < 4.78 is 5.51. The van der Waals surface area contributed by atoms with Gasteiger partial charge in [-0.1, -0.05) is 71.5 Å². The molecule has 0 aliphatic carbocycles. The van der Waals surface area contributed by atoms with Crippen molar-refractivity contribution in [1.82, 2.24) is 0 Å². The van der Waals surface area contributed by atoms with Gasteiger partial charge in [-0.15, -0.1) is 0 Å². The van der Waals surface area contributed by atoms with Gasteiger partial charge in [-0.05, 0) is 73.5 Å². The van der Waals surface area contributed by atoms with Crippen molar-refractivity contribution in [2.75, 3.05) is 0 Å². The molecule has 0 atom stereocenters. The molecular weight excluding hydrogens is 380 g/mol. The summed E-state index contributed by atoms with van der Waals surface area (Å²) in [7, 11) is 0. The van der Waals surface area contributed by atoms with Crippen LogP contribution in [0.3, 0.4) is 0 Å². The molecule has 4 rings (SSSR count). The molecule has 0 unspecified atom stereocenters. The first-order chi connectivity index (χ1) is 15.1. The van der Waals surface area contributed by atoms with E-state index in [1.807, 2.05) is 48.5 Å². The highest BCUT2D eigenvalue weighted by Crippen LogP contribution is 2.21. The summed E-state index contributed by atoms with van der Waals surface area (Å²) >= 11 is 0. The van der Waals surface area contributed by atoms with Crippen LogP contribution in [0.5, 0.6) is 5.75 Å². The summed E-state index contributed by atoms with van der Waals surface area (Å²) in [5.41, 5.74) is 6.95. The number of esters is 1. The van der Waals surface area contributed by atoms with Gasteiger partial charge in [0.05, 0.1) is 5.56 Å². The lowest BCUT2D eigenvalue weighted by Gasteiger charge is -2.06.